The van der Waals surface area contributed by atoms with Crippen molar-refractivity contribution in [3.8, 4) is 5.75 Å². The number of ether oxygens (including phenoxy) is 2. The van der Waals surface area contributed by atoms with Crippen LogP contribution in [0.1, 0.15) is 11.1 Å². The van der Waals surface area contributed by atoms with Gasteiger partial charge < -0.3 is 25.1 Å². The quantitative estimate of drug-likeness (QED) is 0.294. The van der Waals surface area contributed by atoms with Crippen molar-refractivity contribution in [2.75, 3.05) is 33.9 Å². The van der Waals surface area contributed by atoms with Gasteiger partial charge in [-0.3, -0.25) is 4.99 Å². The van der Waals surface area contributed by atoms with E-state index in [1.54, 1.807) is 14.2 Å². The van der Waals surface area contributed by atoms with E-state index >= 15 is 0 Å². The number of H-pyrrole nitrogens is 1. The number of methoxy groups -OCH3 is 1. The zero-order chi connectivity index (χ0) is 20.5. The maximum Gasteiger partial charge on any atom is 0.191 e. The Morgan fingerprint density at radius 1 is 1.14 bits per heavy atom. The molecule has 0 fully saturated rings. The van der Waals surface area contributed by atoms with E-state index in [0.29, 0.717) is 26.3 Å². The van der Waals surface area contributed by atoms with Crippen molar-refractivity contribution in [3.63, 3.8) is 0 Å². The van der Waals surface area contributed by atoms with Crippen molar-refractivity contribution < 1.29 is 13.9 Å². The summed E-state index contributed by atoms with van der Waals surface area (Å²) in [7, 11) is 3.40. The largest absolute Gasteiger partial charge is 0.491 e. The first-order valence-electron chi connectivity index (χ1n) is 9.60. The summed E-state index contributed by atoms with van der Waals surface area (Å²) >= 11 is 0. The third kappa shape index (κ3) is 5.96. The van der Waals surface area contributed by atoms with Crippen molar-refractivity contribution in [3.05, 3.63) is 65.6 Å². The molecule has 3 aromatic rings. The molecule has 7 heteroatoms. The predicted molar refractivity (Wildman–Crippen MR) is 114 cm³/mol. The van der Waals surface area contributed by atoms with E-state index < -0.39 is 0 Å². The molecule has 3 N–H and O–H groups in total. The molecule has 29 heavy (non-hydrogen) atoms. The number of aliphatic imine (C=N–C) groups is 1. The maximum absolute atomic E-state index is 13.3. The van der Waals surface area contributed by atoms with Crippen LogP contribution in [-0.4, -0.2) is 44.9 Å². The normalized spacial score (nSPS) is 11.6. The van der Waals surface area contributed by atoms with E-state index in [9.17, 15) is 4.39 Å². The first kappa shape index (κ1) is 20.7. The second-order valence-electron chi connectivity index (χ2n) is 6.60. The lowest BCUT2D eigenvalue weighted by atomic mass is 10.1. The Bertz CT molecular complexity index is 955. The lowest BCUT2D eigenvalue weighted by Gasteiger charge is -2.13. The number of nitrogens with one attached hydrogen (secondary N) is 3. The number of aromatic amines is 1. The van der Waals surface area contributed by atoms with Crippen molar-refractivity contribution in [1.82, 2.24) is 15.6 Å². The summed E-state index contributed by atoms with van der Waals surface area (Å²) in [5.41, 5.74) is 3.06. The van der Waals surface area contributed by atoms with Gasteiger partial charge in [0.05, 0.1) is 6.61 Å². The van der Waals surface area contributed by atoms with Crippen molar-refractivity contribution >= 4 is 16.9 Å². The average molecular weight is 398 g/mol. The van der Waals surface area contributed by atoms with Gasteiger partial charge in [-0.1, -0.05) is 12.1 Å². The molecule has 0 unspecified atom stereocenters. The van der Waals surface area contributed by atoms with Gasteiger partial charge in [0.25, 0.3) is 0 Å². The first-order chi connectivity index (χ1) is 14.2. The monoisotopic (exact) mass is 398 g/mol. The summed E-state index contributed by atoms with van der Waals surface area (Å²) in [6.45, 7) is 2.43. The molecule has 0 amide bonds. The van der Waals surface area contributed by atoms with Crippen LogP contribution in [0.5, 0.6) is 5.75 Å². The number of fused-ring (bicyclic) bond motifs is 1. The molecule has 1 aromatic heterocycles. The zero-order valence-electron chi connectivity index (χ0n) is 16.8. The molecule has 0 saturated heterocycles. The highest BCUT2D eigenvalue weighted by Crippen LogP contribution is 2.19. The number of rotatable bonds is 9. The molecule has 0 aliphatic carbocycles. The number of hydrogen-bond acceptors (Lipinski definition) is 3. The maximum atomic E-state index is 13.3. The van der Waals surface area contributed by atoms with Gasteiger partial charge in [-0.15, -0.1) is 0 Å². The van der Waals surface area contributed by atoms with Crippen molar-refractivity contribution in [2.45, 2.75) is 13.0 Å². The Morgan fingerprint density at radius 2 is 2.03 bits per heavy atom. The highest BCUT2D eigenvalue weighted by Gasteiger charge is 2.05. The Labute approximate surface area is 170 Å². The van der Waals surface area contributed by atoms with Gasteiger partial charge in [-0.2, -0.15) is 0 Å². The average Bonchev–Trinajstić information content (AvgIpc) is 3.13. The number of hydrogen-bond donors (Lipinski definition) is 3. The Hall–Kier alpha value is -3.06. The van der Waals surface area contributed by atoms with E-state index in [0.717, 1.165) is 40.2 Å². The van der Waals surface area contributed by atoms with E-state index in [-0.39, 0.29) is 5.82 Å². The van der Waals surface area contributed by atoms with Crippen molar-refractivity contribution in [1.29, 1.82) is 0 Å². The fraction of sp³-hybridized carbons (Fsp3) is 0.318. The van der Waals surface area contributed by atoms with Gasteiger partial charge >= 0.3 is 0 Å². The number of nitrogens with zero attached hydrogens (tertiary/aromatic N) is 1. The van der Waals surface area contributed by atoms with Crippen LogP contribution in [0.3, 0.4) is 0 Å². The summed E-state index contributed by atoms with van der Waals surface area (Å²) in [6, 6.07) is 12.7. The summed E-state index contributed by atoms with van der Waals surface area (Å²) in [6.07, 6.45) is 2.73. The topological polar surface area (TPSA) is 70.7 Å². The number of halogens is 1. The zero-order valence-corrected chi connectivity index (χ0v) is 16.8. The summed E-state index contributed by atoms with van der Waals surface area (Å²) in [5.74, 6) is 1.31. The molecule has 154 valence electrons. The molecule has 0 saturated carbocycles. The molecule has 0 radical (unpaired) electrons. The molecule has 0 spiro atoms. The minimum atomic E-state index is -0.234. The molecule has 0 aliphatic heterocycles. The van der Waals surface area contributed by atoms with Crippen LogP contribution in [-0.2, 0) is 17.7 Å². The second kappa shape index (κ2) is 10.5. The van der Waals surface area contributed by atoms with Gasteiger partial charge in [0.15, 0.2) is 5.96 Å². The molecule has 6 nitrogen and oxygen atoms in total. The summed E-state index contributed by atoms with van der Waals surface area (Å²) < 4.78 is 24.0. The van der Waals surface area contributed by atoms with Crippen LogP contribution in [0.2, 0.25) is 0 Å². The summed E-state index contributed by atoms with van der Waals surface area (Å²) in [4.78, 5) is 7.39. The highest BCUT2D eigenvalue weighted by molar-refractivity contribution is 5.83. The molecular weight excluding hydrogens is 371 g/mol. The van der Waals surface area contributed by atoms with Gasteiger partial charge in [0, 0.05) is 44.3 Å². The van der Waals surface area contributed by atoms with Gasteiger partial charge in [-0.25, -0.2) is 4.39 Å². The molecule has 3 rings (SSSR count). The third-order valence-corrected chi connectivity index (χ3v) is 4.55. The molecule has 0 aliphatic rings. The molecular formula is C22H27FN4O2. The molecule has 1 heterocycles. The SMILES string of the molecule is CN=C(NCCc1c[nH]c2cc(F)ccc12)NCc1cccc(OCCOC)c1. The van der Waals surface area contributed by atoms with Crippen molar-refractivity contribution in [2.24, 2.45) is 4.99 Å². The Morgan fingerprint density at radius 3 is 2.86 bits per heavy atom. The molecule has 0 atom stereocenters. The van der Waals surface area contributed by atoms with E-state index in [1.165, 1.54) is 12.1 Å². The third-order valence-electron chi connectivity index (χ3n) is 4.55. The highest BCUT2D eigenvalue weighted by atomic mass is 19.1. The molecule has 2 aromatic carbocycles. The van der Waals surface area contributed by atoms with Crippen LogP contribution >= 0.6 is 0 Å². The smallest absolute Gasteiger partial charge is 0.191 e. The fourth-order valence-electron chi connectivity index (χ4n) is 3.08. The molecule has 0 bridgehead atoms. The first-order valence-corrected chi connectivity index (χ1v) is 9.60. The fourth-order valence-corrected chi connectivity index (χ4v) is 3.08. The minimum Gasteiger partial charge on any atom is -0.491 e. The Kier molecular flexibility index (Phi) is 7.47. The lowest BCUT2D eigenvalue weighted by molar-refractivity contribution is 0.146. The predicted octanol–water partition coefficient (Wildman–Crippen LogP) is 3.24. The van der Waals surface area contributed by atoms with Crippen LogP contribution < -0.4 is 15.4 Å². The van der Waals surface area contributed by atoms with E-state index in [4.69, 9.17) is 9.47 Å². The Balaban J connectivity index is 1.47. The van der Waals surface area contributed by atoms with E-state index in [2.05, 4.69) is 20.6 Å². The minimum absolute atomic E-state index is 0.234. The van der Waals surface area contributed by atoms with Crippen LogP contribution in [0.4, 0.5) is 4.39 Å². The van der Waals surface area contributed by atoms with Crippen LogP contribution in [0, 0.1) is 5.82 Å². The van der Waals surface area contributed by atoms with Gasteiger partial charge in [-0.05, 0) is 47.9 Å². The van der Waals surface area contributed by atoms with E-state index in [1.807, 2.05) is 36.5 Å². The van der Waals surface area contributed by atoms with Crippen LogP contribution in [0.25, 0.3) is 10.9 Å². The number of benzene rings is 2. The standard InChI is InChI=1S/C22H27FN4O2/c1-24-22(27-14-16-4-3-5-19(12-16)29-11-10-28-2)25-9-8-17-15-26-21-13-18(23)6-7-20(17)21/h3-7,12-13,15,26H,8-11,14H2,1-2H3,(H2,24,25,27). The van der Waals surface area contributed by atoms with Crippen LogP contribution in [0.15, 0.2) is 53.7 Å². The van der Waals surface area contributed by atoms with Gasteiger partial charge in [0.1, 0.15) is 18.2 Å². The number of aromatic nitrogens is 1. The summed E-state index contributed by atoms with van der Waals surface area (Å²) in [5, 5.41) is 7.66. The lowest BCUT2D eigenvalue weighted by Crippen LogP contribution is -2.37. The second-order valence-corrected chi connectivity index (χ2v) is 6.60. The number of guanidine groups is 1. The van der Waals surface area contributed by atoms with Gasteiger partial charge in [0.2, 0.25) is 0 Å².